The predicted octanol–water partition coefficient (Wildman–Crippen LogP) is 6.37. The number of nitrogens with zero attached hydrogens (tertiary/aromatic N) is 3. The third kappa shape index (κ3) is 5.48. The summed E-state index contributed by atoms with van der Waals surface area (Å²) in [5, 5.41) is 13.7. The zero-order valence-electron chi connectivity index (χ0n) is 18.0. The molecule has 1 amide bonds. The van der Waals surface area contributed by atoms with E-state index in [2.05, 4.69) is 34.6 Å². The minimum atomic E-state index is 0.0918. The minimum Gasteiger partial charge on any atom is -0.349 e. The van der Waals surface area contributed by atoms with Gasteiger partial charge < -0.3 is 5.32 Å². The fourth-order valence-corrected chi connectivity index (χ4v) is 5.54. The quantitative estimate of drug-likeness (QED) is 0.392. The monoisotopic (exact) mass is 488 g/mol. The van der Waals surface area contributed by atoms with Crippen molar-refractivity contribution in [2.45, 2.75) is 56.5 Å². The summed E-state index contributed by atoms with van der Waals surface area (Å²) in [5.41, 5.74) is 3.22. The smallest absolute Gasteiger partial charge is 0.223 e. The summed E-state index contributed by atoms with van der Waals surface area (Å²) in [7, 11) is 0. The van der Waals surface area contributed by atoms with Gasteiger partial charge in [0.15, 0.2) is 11.0 Å². The van der Waals surface area contributed by atoms with Crippen LogP contribution >= 0.6 is 35.0 Å². The largest absolute Gasteiger partial charge is 0.349 e. The molecule has 1 aliphatic rings. The number of amides is 1. The van der Waals surface area contributed by atoms with E-state index in [1.807, 2.05) is 22.8 Å². The molecular formula is C24H26Cl2N4OS. The Balaban J connectivity index is 1.58. The van der Waals surface area contributed by atoms with E-state index >= 15 is 0 Å². The number of halogens is 2. The lowest BCUT2D eigenvalue weighted by atomic mass is 9.89. The molecule has 1 aliphatic carbocycles. The van der Waals surface area contributed by atoms with Crippen LogP contribution in [0.3, 0.4) is 0 Å². The molecule has 0 saturated heterocycles. The first-order valence-electron chi connectivity index (χ1n) is 10.9. The number of thioether (sulfide) groups is 1. The lowest BCUT2D eigenvalue weighted by molar-refractivity contribution is -0.126. The van der Waals surface area contributed by atoms with Crippen LogP contribution in [0.2, 0.25) is 10.0 Å². The van der Waals surface area contributed by atoms with Gasteiger partial charge in [0.25, 0.3) is 0 Å². The van der Waals surface area contributed by atoms with Crippen molar-refractivity contribution in [1.29, 1.82) is 0 Å². The molecule has 1 saturated carbocycles. The second-order valence-corrected chi connectivity index (χ2v) is 9.88. The molecule has 168 valence electrons. The van der Waals surface area contributed by atoms with Gasteiger partial charge in [0.2, 0.25) is 5.91 Å². The lowest BCUT2D eigenvalue weighted by Gasteiger charge is -2.20. The van der Waals surface area contributed by atoms with Crippen LogP contribution in [0, 0.1) is 12.8 Å². The average Bonchev–Trinajstić information content (AvgIpc) is 3.20. The van der Waals surface area contributed by atoms with Crippen molar-refractivity contribution in [3.8, 4) is 5.69 Å². The van der Waals surface area contributed by atoms with Crippen molar-refractivity contribution in [3.63, 3.8) is 0 Å². The molecule has 5 nitrogen and oxygen atoms in total. The van der Waals surface area contributed by atoms with Crippen LogP contribution in [-0.2, 0) is 17.1 Å². The zero-order chi connectivity index (χ0) is 22.5. The molecular weight excluding hydrogens is 463 g/mol. The van der Waals surface area contributed by atoms with Crippen LogP contribution < -0.4 is 5.32 Å². The molecule has 0 atom stereocenters. The van der Waals surface area contributed by atoms with Gasteiger partial charge in [0, 0.05) is 16.7 Å². The first-order valence-corrected chi connectivity index (χ1v) is 12.6. The van der Waals surface area contributed by atoms with E-state index in [-0.39, 0.29) is 11.8 Å². The molecule has 0 aliphatic heterocycles. The van der Waals surface area contributed by atoms with Crippen LogP contribution in [-0.4, -0.2) is 20.7 Å². The van der Waals surface area contributed by atoms with Crippen molar-refractivity contribution in [2.24, 2.45) is 5.92 Å². The summed E-state index contributed by atoms with van der Waals surface area (Å²) in [4.78, 5) is 12.7. The number of carbonyl (C=O) groups excluding carboxylic acids is 1. The molecule has 3 aromatic rings. The van der Waals surface area contributed by atoms with E-state index in [9.17, 15) is 4.79 Å². The Kier molecular flexibility index (Phi) is 7.76. The van der Waals surface area contributed by atoms with Crippen LogP contribution in [0.1, 0.15) is 49.1 Å². The van der Waals surface area contributed by atoms with Crippen LogP contribution in [0.4, 0.5) is 0 Å². The summed E-state index contributed by atoms with van der Waals surface area (Å²) >= 11 is 14.2. The summed E-state index contributed by atoms with van der Waals surface area (Å²) in [5.74, 6) is 1.58. The fourth-order valence-electron chi connectivity index (χ4n) is 4.00. The summed E-state index contributed by atoms with van der Waals surface area (Å²) < 4.78 is 1.92. The number of nitrogens with one attached hydrogen (secondary N) is 1. The van der Waals surface area contributed by atoms with E-state index in [0.29, 0.717) is 22.4 Å². The maximum atomic E-state index is 12.7. The highest BCUT2D eigenvalue weighted by molar-refractivity contribution is 7.98. The van der Waals surface area contributed by atoms with Gasteiger partial charge in [-0.25, -0.2) is 0 Å². The molecule has 2 aromatic carbocycles. The van der Waals surface area contributed by atoms with E-state index in [0.717, 1.165) is 42.3 Å². The van der Waals surface area contributed by atoms with Crippen molar-refractivity contribution in [2.75, 3.05) is 0 Å². The Morgan fingerprint density at radius 1 is 1.12 bits per heavy atom. The summed E-state index contributed by atoms with van der Waals surface area (Å²) in [6, 6.07) is 13.6. The first-order chi connectivity index (χ1) is 15.5. The molecule has 8 heteroatoms. The Labute approximate surface area is 202 Å². The number of benzene rings is 2. The predicted molar refractivity (Wildman–Crippen MR) is 131 cm³/mol. The number of carbonyl (C=O) groups is 1. The van der Waals surface area contributed by atoms with Crippen LogP contribution in [0.25, 0.3) is 5.69 Å². The number of hydrogen-bond donors (Lipinski definition) is 1. The molecule has 1 N–H and O–H groups in total. The van der Waals surface area contributed by atoms with Crippen molar-refractivity contribution >= 4 is 40.9 Å². The average molecular weight is 489 g/mol. The highest BCUT2D eigenvalue weighted by Crippen LogP contribution is 2.31. The van der Waals surface area contributed by atoms with Gasteiger partial charge in [-0.3, -0.25) is 9.36 Å². The van der Waals surface area contributed by atoms with Crippen molar-refractivity contribution in [1.82, 2.24) is 20.1 Å². The Morgan fingerprint density at radius 3 is 2.66 bits per heavy atom. The molecule has 1 aromatic heterocycles. The molecule has 1 fully saturated rings. The Bertz CT molecular complexity index is 1100. The van der Waals surface area contributed by atoms with Gasteiger partial charge in [-0.05, 0) is 49.1 Å². The second kappa shape index (κ2) is 10.7. The molecule has 0 bridgehead atoms. The third-order valence-corrected chi connectivity index (χ3v) is 7.38. The van der Waals surface area contributed by atoms with Gasteiger partial charge >= 0.3 is 0 Å². The van der Waals surface area contributed by atoms with Crippen LogP contribution in [0.15, 0.2) is 47.6 Å². The molecule has 4 rings (SSSR count). The summed E-state index contributed by atoms with van der Waals surface area (Å²) in [6.07, 6.45) is 5.37. The van der Waals surface area contributed by atoms with E-state index in [4.69, 9.17) is 23.2 Å². The molecule has 0 spiro atoms. The number of rotatable bonds is 7. The number of aromatic nitrogens is 3. The van der Waals surface area contributed by atoms with Crippen molar-refractivity contribution < 1.29 is 4.79 Å². The zero-order valence-corrected chi connectivity index (χ0v) is 20.3. The standard InChI is InChI=1S/C24H26Cl2N4OS/c1-16-7-5-6-10-18(16)15-32-24-29-28-22(14-27-23(31)17-8-3-2-4-9-17)30(24)21-12-11-19(25)13-20(21)26/h5-7,10-13,17H,2-4,8-9,14-15H2,1H3,(H,27,31). The lowest BCUT2D eigenvalue weighted by Crippen LogP contribution is -2.32. The molecule has 32 heavy (non-hydrogen) atoms. The topological polar surface area (TPSA) is 59.8 Å². The fraction of sp³-hybridized carbons (Fsp3) is 0.375. The third-order valence-electron chi connectivity index (χ3n) is 5.87. The van der Waals surface area contributed by atoms with Gasteiger partial charge in [-0.15, -0.1) is 10.2 Å². The van der Waals surface area contributed by atoms with E-state index < -0.39 is 0 Å². The normalized spacial score (nSPS) is 14.5. The Morgan fingerprint density at radius 2 is 1.91 bits per heavy atom. The highest BCUT2D eigenvalue weighted by Gasteiger charge is 2.23. The van der Waals surface area contributed by atoms with Gasteiger partial charge in [0.05, 0.1) is 17.3 Å². The maximum absolute atomic E-state index is 12.7. The van der Waals surface area contributed by atoms with Gasteiger partial charge in [-0.1, -0.05) is 78.5 Å². The molecule has 0 radical (unpaired) electrons. The van der Waals surface area contributed by atoms with Crippen LogP contribution in [0.5, 0.6) is 0 Å². The number of aryl methyl sites for hydroxylation is 1. The van der Waals surface area contributed by atoms with Crippen molar-refractivity contribution in [3.05, 3.63) is 69.5 Å². The number of hydrogen-bond acceptors (Lipinski definition) is 4. The SMILES string of the molecule is Cc1ccccc1CSc1nnc(CNC(=O)C2CCCCC2)n1-c1ccc(Cl)cc1Cl. The maximum Gasteiger partial charge on any atom is 0.223 e. The molecule has 1 heterocycles. The van der Waals surface area contributed by atoms with Gasteiger partial charge in [-0.2, -0.15) is 0 Å². The first kappa shape index (κ1) is 23.1. The van der Waals surface area contributed by atoms with E-state index in [1.54, 1.807) is 23.9 Å². The highest BCUT2D eigenvalue weighted by atomic mass is 35.5. The molecule has 0 unspecified atom stereocenters. The van der Waals surface area contributed by atoms with E-state index in [1.165, 1.54) is 17.5 Å². The summed E-state index contributed by atoms with van der Waals surface area (Å²) in [6.45, 7) is 2.40. The van der Waals surface area contributed by atoms with Gasteiger partial charge in [0.1, 0.15) is 0 Å². The Hall–Kier alpha value is -2.02. The minimum absolute atomic E-state index is 0.0918. The second-order valence-electron chi connectivity index (χ2n) is 8.10.